The molecule has 0 unspecified atom stereocenters. The van der Waals surface area contributed by atoms with E-state index in [1.54, 1.807) is 0 Å². The van der Waals surface area contributed by atoms with Gasteiger partial charge in [0, 0.05) is 35.5 Å². The number of fused-ring (bicyclic) bond motifs is 1. The summed E-state index contributed by atoms with van der Waals surface area (Å²) in [5.41, 5.74) is 4.04. The highest BCUT2D eigenvalue weighted by Gasteiger charge is 2.42. The molecule has 86 valence electrons. The zero-order valence-electron chi connectivity index (χ0n) is 10.2. The summed E-state index contributed by atoms with van der Waals surface area (Å²) < 4.78 is 11.5. The van der Waals surface area contributed by atoms with Crippen LogP contribution in [0.25, 0.3) is 0 Å². The summed E-state index contributed by atoms with van der Waals surface area (Å²) in [5, 5.41) is 0. The molecule has 0 fully saturated rings. The highest BCUT2D eigenvalue weighted by Crippen LogP contribution is 2.40. The van der Waals surface area contributed by atoms with Gasteiger partial charge in [0.05, 0.1) is 5.41 Å². The highest BCUT2D eigenvalue weighted by atomic mass is 32.2. The fourth-order valence-electron chi connectivity index (χ4n) is 2.43. The number of benzene rings is 1. The minimum atomic E-state index is 0.0666. The number of hydrogen-bond donors (Lipinski definition) is 1. The second kappa shape index (κ2) is 3.90. The van der Waals surface area contributed by atoms with Crippen LogP contribution in [-0.2, 0) is 5.41 Å². The molecule has 0 amide bonds. The molecule has 1 aliphatic rings. The van der Waals surface area contributed by atoms with Crippen molar-refractivity contribution in [2.75, 3.05) is 6.54 Å². The van der Waals surface area contributed by atoms with Crippen LogP contribution in [0.4, 0.5) is 5.69 Å². The van der Waals surface area contributed by atoms with Crippen LogP contribution in [-0.4, -0.2) is 21.4 Å². The van der Waals surface area contributed by atoms with Gasteiger partial charge in [-0.15, -0.1) is 0 Å². The van der Waals surface area contributed by atoms with Gasteiger partial charge >= 0.3 is 0 Å². The summed E-state index contributed by atoms with van der Waals surface area (Å²) in [5.74, 6) is 0. The van der Waals surface area contributed by atoms with Gasteiger partial charge in [0.1, 0.15) is 6.54 Å². The van der Waals surface area contributed by atoms with Gasteiger partial charge in [0.2, 0.25) is 5.69 Å². The van der Waals surface area contributed by atoms with E-state index in [-0.39, 0.29) is 5.41 Å². The molecule has 0 aromatic heterocycles. The molecular formula is C13H18NOS+. The molecule has 0 bridgehead atoms. The summed E-state index contributed by atoms with van der Waals surface area (Å²) in [6.07, 6.45) is 0. The number of rotatable bonds is 2. The van der Waals surface area contributed by atoms with Crippen molar-refractivity contribution in [2.24, 2.45) is 0 Å². The molecule has 2 rings (SSSR count). The molecule has 1 heterocycles. The van der Waals surface area contributed by atoms with Crippen LogP contribution < -0.4 is 0 Å². The molecular weight excluding hydrogens is 218 g/mol. The molecule has 1 aromatic rings. The lowest BCUT2D eigenvalue weighted by molar-refractivity contribution is -0.434. The molecule has 2 nitrogen and oxygen atoms in total. The highest BCUT2D eigenvalue weighted by molar-refractivity contribution is 7.93. The molecule has 3 heteroatoms. The SMILES string of the molecule is CC[N+]1=C(C)C(C)(C)c2cc(SO)ccc21. The Hall–Kier alpha value is -0.800. The largest absolute Gasteiger partial charge is 0.325 e. The van der Waals surface area contributed by atoms with Crippen LogP contribution in [0.15, 0.2) is 23.1 Å². The molecule has 1 aromatic carbocycles. The molecule has 1 N–H and O–H groups in total. The normalized spacial score (nSPS) is 17.8. The van der Waals surface area contributed by atoms with Gasteiger partial charge in [-0.2, -0.15) is 4.58 Å². The predicted molar refractivity (Wildman–Crippen MR) is 69.1 cm³/mol. The minimum Gasteiger partial charge on any atom is -0.325 e. The third-order valence-electron chi connectivity index (χ3n) is 3.66. The van der Waals surface area contributed by atoms with E-state index in [9.17, 15) is 0 Å². The van der Waals surface area contributed by atoms with Crippen LogP contribution in [0.3, 0.4) is 0 Å². The second-order valence-electron chi connectivity index (χ2n) is 4.72. The van der Waals surface area contributed by atoms with E-state index >= 15 is 0 Å². The minimum absolute atomic E-state index is 0.0666. The smallest absolute Gasteiger partial charge is 0.209 e. The second-order valence-corrected chi connectivity index (χ2v) is 5.38. The summed E-state index contributed by atoms with van der Waals surface area (Å²) >= 11 is 0.818. The molecule has 16 heavy (non-hydrogen) atoms. The van der Waals surface area contributed by atoms with Gasteiger partial charge in [-0.1, -0.05) is 0 Å². The predicted octanol–water partition coefficient (Wildman–Crippen LogP) is 3.67. The molecule has 0 saturated heterocycles. The van der Waals surface area contributed by atoms with Crippen molar-refractivity contribution in [2.45, 2.75) is 38.0 Å². The lowest BCUT2D eigenvalue weighted by Gasteiger charge is -2.15. The van der Waals surface area contributed by atoms with Crippen LogP contribution in [0.2, 0.25) is 0 Å². The first kappa shape index (κ1) is 11.7. The van der Waals surface area contributed by atoms with E-state index in [0.717, 1.165) is 23.5 Å². The Balaban J connectivity index is 2.64. The first-order valence-corrected chi connectivity index (χ1v) is 6.37. The fraction of sp³-hybridized carbons (Fsp3) is 0.462. The van der Waals surface area contributed by atoms with E-state index in [2.05, 4.69) is 44.4 Å². The average molecular weight is 236 g/mol. The van der Waals surface area contributed by atoms with Gasteiger partial charge in [0.15, 0.2) is 5.71 Å². The summed E-state index contributed by atoms with van der Waals surface area (Å²) in [6, 6.07) is 6.18. The summed E-state index contributed by atoms with van der Waals surface area (Å²) in [6.45, 7) is 9.83. The van der Waals surface area contributed by atoms with Crippen molar-refractivity contribution in [1.82, 2.24) is 0 Å². The van der Waals surface area contributed by atoms with Gasteiger partial charge in [-0.3, -0.25) is 0 Å². The van der Waals surface area contributed by atoms with Crippen molar-refractivity contribution in [1.29, 1.82) is 0 Å². The van der Waals surface area contributed by atoms with Crippen molar-refractivity contribution in [3.05, 3.63) is 23.8 Å². The van der Waals surface area contributed by atoms with Gasteiger partial charge in [-0.25, -0.2) is 0 Å². The monoisotopic (exact) mass is 236 g/mol. The Morgan fingerprint density at radius 3 is 2.62 bits per heavy atom. The molecule has 1 aliphatic heterocycles. The molecule has 0 aliphatic carbocycles. The lowest BCUT2D eigenvalue weighted by Crippen LogP contribution is -2.26. The van der Waals surface area contributed by atoms with Gasteiger partial charge in [0.25, 0.3) is 0 Å². The van der Waals surface area contributed by atoms with E-state index in [1.165, 1.54) is 17.0 Å². The Morgan fingerprint density at radius 1 is 1.38 bits per heavy atom. The number of hydrogen-bond acceptors (Lipinski definition) is 2. The van der Waals surface area contributed by atoms with Crippen molar-refractivity contribution in [3.63, 3.8) is 0 Å². The van der Waals surface area contributed by atoms with Crippen LogP contribution in [0.5, 0.6) is 0 Å². The third kappa shape index (κ3) is 1.50. The van der Waals surface area contributed by atoms with Crippen molar-refractivity contribution >= 4 is 23.4 Å². The van der Waals surface area contributed by atoms with E-state index in [1.807, 2.05) is 6.07 Å². The zero-order chi connectivity index (χ0) is 11.9. The summed E-state index contributed by atoms with van der Waals surface area (Å²) in [4.78, 5) is 0.914. The lowest BCUT2D eigenvalue weighted by atomic mass is 9.82. The molecule has 0 spiro atoms. The van der Waals surface area contributed by atoms with Crippen molar-refractivity contribution < 1.29 is 9.13 Å². The Morgan fingerprint density at radius 2 is 2.06 bits per heavy atom. The van der Waals surface area contributed by atoms with Crippen molar-refractivity contribution in [3.8, 4) is 0 Å². The van der Waals surface area contributed by atoms with Gasteiger partial charge < -0.3 is 4.55 Å². The van der Waals surface area contributed by atoms with Crippen LogP contribution in [0.1, 0.15) is 33.3 Å². The Bertz CT molecular complexity index is 463. The molecule has 0 radical (unpaired) electrons. The van der Waals surface area contributed by atoms with E-state index in [4.69, 9.17) is 4.55 Å². The van der Waals surface area contributed by atoms with Gasteiger partial charge in [-0.05, 0) is 32.9 Å². The standard InChI is InChI=1S/C13H17NOS/c1-5-14-9(2)13(3,4)11-8-10(16-15)6-7-12(11)14/h6-8H,5H2,1-4H3/p+1. The van der Waals surface area contributed by atoms with E-state index in [0.29, 0.717) is 0 Å². The average Bonchev–Trinajstić information content (AvgIpc) is 2.47. The maximum atomic E-state index is 9.12. The van der Waals surface area contributed by atoms with Crippen LogP contribution in [0, 0.1) is 0 Å². The first-order valence-electron chi connectivity index (χ1n) is 5.60. The zero-order valence-corrected chi connectivity index (χ0v) is 11.1. The first-order chi connectivity index (χ1) is 7.52. The Kier molecular flexibility index (Phi) is 2.84. The quantitative estimate of drug-likeness (QED) is 0.625. The topological polar surface area (TPSA) is 23.2 Å². The maximum absolute atomic E-state index is 9.12. The summed E-state index contributed by atoms with van der Waals surface area (Å²) in [7, 11) is 0. The molecule has 0 atom stereocenters. The Labute approximate surface area is 101 Å². The maximum Gasteiger partial charge on any atom is 0.209 e. The van der Waals surface area contributed by atoms with E-state index < -0.39 is 0 Å². The molecule has 0 saturated carbocycles. The third-order valence-corrected chi connectivity index (χ3v) is 4.13. The van der Waals surface area contributed by atoms with Crippen LogP contribution >= 0.6 is 12.0 Å². The fourth-order valence-corrected chi connectivity index (χ4v) is 2.73. The number of nitrogens with zero attached hydrogens (tertiary/aromatic N) is 1.